The third-order valence-corrected chi connectivity index (χ3v) is 4.22. The highest BCUT2D eigenvalue weighted by Gasteiger charge is 2.20. The minimum Gasteiger partial charge on any atom is -0.485 e. The molecule has 2 aromatic heterocycles. The number of rotatable bonds is 6. The van der Waals surface area contributed by atoms with E-state index >= 15 is 0 Å². The Labute approximate surface area is 133 Å². The van der Waals surface area contributed by atoms with E-state index in [2.05, 4.69) is 9.71 Å². The molecular formula is C16H14N2O4S. The van der Waals surface area contributed by atoms with Crippen LogP contribution >= 0.6 is 0 Å². The zero-order valence-electron chi connectivity index (χ0n) is 12.0. The summed E-state index contributed by atoms with van der Waals surface area (Å²) in [5, 5.41) is -0.183. The lowest BCUT2D eigenvalue weighted by Crippen LogP contribution is -2.14. The van der Waals surface area contributed by atoms with Crippen LogP contribution in [0.1, 0.15) is 5.56 Å². The van der Waals surface area contributed by atoms with Crippen molar-refractivity contribution in [3.63, 3.8) is 0 Å². The first kappa shape index (κ1) is 15.1. The lowest BCUT2D eigenvalue weighted by atomic mass is 10.2. The quantitative estimate of drug-likeness (QED) is 0.751. The average Bonchev–Trinajstić information content (AvgIpc) is 3.10. The topological polar surface area (TPSA) is 81.4 Å². The monoisotopic (exact) mass is 330 g/mol. The first-order valence-electron chi connectivity index (χ1n) is 6.83. The predicted molar refractivity (Wildman–Crippen MR) is 84.5 cm³/mol. The molecular weight excluding hydrogens is 316 g/mol. The van der Waals surface area contributed by atoms with Crippen LogP contribution in [0.2, 0.25) is 0 Å². The lowest BCUT2D eigenvalue weighted by molar-refractivity contribution is 0.307. The maximum atomic E-state index is 12.2. The van der Waals surface area contributed by atoms with Crippen LogP contribution in [0.3, 0.4) is 0 Å². The second-order valence-electron chi connectivity index (χ2n) is 4.66. The second-order valence-corrected chi connectivity index (χ2v) is 6.28. The van der Waals surface area contributed by atoms with E-state index in [9.17, 15) is 8.42 Å². The minimum atomic E-state index is -3.83. The smallest absolute Gasteiger partial charge is 0.296 e. The summed E-state index contributed by atoms with van der Waals surface area (Å²) in [7, 11) is -3.83. The van der Waals surface area contributed by atoms with Crippen molar-refractivity contribution < 1.29 is 17.6 Å². The van der Waals surface area contributed by atoms with Gasteiger partial charge in [-0.05, 0) is 29.8 Å². The van der Waals surface area contributed by atoms with Crippen molar-refractivity contribution in [3.05, 3.63) is 72.6 Å². The third kappa shape index (κ3) is 3.70. The second kappa shape index (κ2) is 6.53. The number of ether oxygens (including phenoxy) is 1. The zero-order valence-corrected chi connectivity index (χ0v) is 12.9. The van der Waals surface area contributed by atoms with E-state index < -0.39 is 10.0 Å². The van der Waals surface area contributed by atoms with Gasteiger partial charge >= 0.3 is 0 Å². The van der Waals surface area contributed by atoms with Gasteiger partial charge in [-0.2, -0.15) is 8.42 Å². The molecule has 0 fully saturated rings. The lowest BCUT2D eigenvalue weighted by Gasteiger charge is -2.11. The Morgan fingerprint density at radius 2 is 1.87 bits per heavy atom. The molecule has 0 saturated carbocycles. The van der Waals surface area contributed by atoms with Gasteiger partial charge in [0.1, 0.15) is 6.61 Å². The largest absolute Gasteiger partial charge is 0.485 e. The Hall–Kier alpha value is -2.80. The normalized spacial score (nSPS) is 11.1. The first-order valence-corrected chi connectivity index (χ1v) is 8.31. The summed E-state index contributed by atoms with van der Waals surface area (Å²) in [4.78, 5) is 4.03. The maximum absolute atomic E-state index is 12.2. The van der Waals surface area contributed by atoms with Crippen LogP contribution in [-0.4, -0.2) is 13.4 Å². The van der Waals surface area contributed by atoms with E-state index in [1.807, 2.05) is 30.3 Å². The maximum Gasteiger partial charge on any atom is 0.296 e. The molecule has 0 saturated heterocycles. The van der Waals surface area contributed by atoms with Crippen molar-refractivity contribution >= 4 is 15.8 Å². The molecule has 2 heterocycles. The van der Waals surface area contributed by atoms with Crippen LogP contribution < -0.4 is 9.46 Å². The fourth-order valence-electron chi connectivity index (χ4n) is 1.91. The Bertz CT molecular complexity index is 862. The molecule has 0 aliphatic carbocycles. The minimum absolute atomic E-state index is 0.111. The highest BCUT2D eigenvalue weighted by molar-refractivity contribution is 7.92. The number of nitrogens with one attached hydrogen (secondary N) is 1. The molecule has 0 unspecified atom stereocenters. The van der Waals surface area contributed by atoms with Gasteiger partial charge in [-0.15, -0.1) is 0 Å². The Morgan fingerprint density at radius 1 is 1.04 bits per heavy atom. The molecule has 0 aliphatic rings. The van der Waals surface area contributed by atoms with Gasteiger partial charge in [0.15, 0.2) is 11.6 Å². The van der Waals surface area contributed by atoms with E-state index in [1.54, 1.807) is 12.1 Å². The van der Waals surface area contributed by atoms with Gasteiger partial charge in [0.2, 0.25) is 5.09 Å². The average molecular weight is 330 g/mol. The van der Waals surface area contributed by atoms with Gasteiger partial charge in [0.25, 0.3) is 10.0 Å². The molecule has 0 amide bonds. The number of hydrogen-bond acceptors (Lipinski definition) is 5. The summed E-state index contributed by atoms with van der Waals surface area (Å²) in [5.41, 5.74) is 0.969. The van der Waals surface area contributed by atoms with Gasteiger partial charge in [-0.25, -0.2) is 4.98 Å². The standard InChI is InChI=1S/C16H14N2O4S/c19-23(20,15-9-5-11-21-15)18-16-14(8-4-10-17-16)22-12-13-6-2-1-3-7-13/h1-11H,12H2,(H,17,18). The summed E-state index contributed by atoms with van der Waals surface area (Å²) in [6, 6.07) is 15.7. The van der Waals surface area contributed by atoms with Gasteiger partial charge in [0, 0.05) is 6.20 Å². The van der Waals surface area contributed by atoms with E-state index in [0.29, 0.717) is 12.4 Å². The summed E-state index contributed by atoms with van der Waals surface area (Å²) >= 11 is 0. The number of pyridine rings is 1. The Kier molecular flexibility index (Phi) is 4.29. The van der Waals surface area contributed by atoms with E-state index in [4.69, 9.17) is 9.15 Å². The number of sulfonamides is 1. The molecule has 23 heavy (non-hydrogen) atoms. The van der Waals surface area contributed by atoms with Crippen molar-refractivity contribution in [2.45, 2.75) is 11.7 Å². The molecule has 7 heteroatoms. The SMILES string of the molecule is O=S(=O)(Nc1ncccc1OCc1ccccc1)c1ccco1. The van der Waals surface area contributed by atoms with Crippen LogP contribution in [-0.2, 0) is 16.6 Å². The van der Waals surface area contributed by atoms with Crippen molar-refractivity contribution in [3.8, 4) is 5.75 Å². The molecule has 6 nitrogen and oxygen atoms in total. The molecule has 0 aliphatic heterocycles. The van der Waals surface area contributed by atoms with Crippen molar-refractivity contribution in [1.82, 2.24) is 4.98 Å². The Balaban J connectivity index is 1.78. The van der Waals surface area contributed by atoms with Crippen molar-refractivity contribution in [2.75, 3.05) is 4.72 Å². The summed E-state index contributed by atoms with van der Waals surface area (Å²) in [5.74, 6) is 0.450. The van der Waals surface area contributed by atoms with Crippen LogP contribution in [0, 0.1) is 0 Å². The Morgan fingerprint density at radius 3 is 2.61 bits per heavy atom. The molecule has 0 bridgehead atoms. The van der Waals surface area contributed by atoms with Gasteiger partial charge in [0.05, 0.1) is 6.26 Å². The van der Waals surface area contributed by atoms with Gasteiger partial charge in [-0.1, -0.05) is 30.3 Å². The number of benzene rings is 1. The molecule has 3 aromatic rings. The molecule has 3 rings (SSSR count). The van der Waals surface area contributed by atoms with E-state index in [-0.39, 0.29) is 10.9 Å². The van der Waals surface area contributed by atoms with E-state index in [1.165, 1.54) is 24.6 Å². The molecule has 1 aromatic carbocycles. The molecule has 1 N–H and O–H groups in total. The summed E-state index contributed by atoms with van der Waals surface area (Å²) in [6.07, 6.45) is 2.77. The molecule has 0 spiro atoms. The highest BCUT2D eigenvalue weighted by Crippen LogP contribution is 2.25. The third-order valence-electron chi connectivity index (χ3n) is 3.00. The molecule has 0 atom stereocenters. The highest BCUT2D eigenvalue weighted by atomic mass is 32.2. The first-order chi connectivity index (χ1) is 11.1. The summed E-state index contributed by atoms with van der Waals surface area (Å²) < 4.78 is 37.3. The summed E-state index contributed by atoms with van der Waals surface area (Å²) in [6.45, 7) is 0.308. The van der Waals surface area contributed by atoms with E-state index in [0.717, 1.165) is 5.56 Å². The molecule has 0 radical (unpaired) electrons. The fourth-order valence-corrected chi connectivity index (χ4v) is 2.86. The van der Waals surface area contributed by atoms with Crippen LogP contribution in [0.5, 0.6) is 5.75 Å². The number of furan rings is 1. The van der Waals surface area contributed by atoms with Crippen LogP contribution in [0.25, 0.3) is 0 Å². The fraction of sp³-hybridized carbons (Fsp3) is 0.0625. The zero-order chi connectivity index (χ0) is 16.1. The molecule has 118 valence electrons. The number of aromatic nitrogens is 1. The number of nitrogens with zero attached hydrogens (tertiary/aromatic N) is 1. The number of hydrogen-bond donors (Lipinski definition) is 1. The van der Waals surface area contributed by atoms with Crippen molar-refractivity contribution in [2.24, 2.45) is 0 Å². The van der Waals surface area contributed by atoms with Gasteiger partial charge in [-0.3, -0.25) is 4.72 Å². The predicted octanol–water partition coefficient (Wildman–Crippen LogP) is 3.05. The van der Waals surface area contributed by atoms with Crippen LogP contribution in [0.4, 0.5) is 5.82 Å². The van der Waals surface area contributed by atoms with Gasteiger partial charge < -0.3 is 9.15 Å². The van der Waals surface area contributed by atoms with Crippen molar-refractivity contribution in [1.29, 1.82) is 0 Å². The number of anilines is 1. The van der Waals surface area contributed by atoms with Crippen LogP contribution in [0.15, 0.2) is 76.6 Å².